The van der Waals surface area contributed by atoms with E-state index < -0.39 is 5.60 Å². The summed E-state index contributed by atoms with van der Waals surface area (Å²) in [6.45, 7) is 7.49. The molecule has 17 heavy (non-hydrogen) atoms. The van der Waals surface area contributed by atoms with Crippen molar-refractivity contribution in [1.82, 2.24) is 9.97 Å². The molecular weight excluding hydrogens is 220 g/mol. The second-order valence-electron chi connectivity index (χ2n) is 5.09. The summed E-state index contributed by atoms with van der Waals surface area (Å²) in [5.74, 6) is 0.639. The molecule has 0 fully saturated rings. The van der Waals surface area contributed by atoms with Gasteiger partial charge >= 0.3 is 0 Å². The van der Waals surface area contributed by atoms with Crippen LogP contribution >= 0.6 is 0 Å². The molecule has 0 radical (unpaired) electrons. The van der Waals surface area contributed by atoms with E-state index in [4.69, 9.17) is 9.47 Å². The molecule has 0 aliphatic carbocycles. The summed E-state index contributed by atoms with van der Waals surface area (Å²) >= 11 is 0. The minimum Gasteiger partial charge on any atom is -0.480 e. The lowest BCUT2D eigenvalue weighted by Gasteiger charge is -2.36. The number of hydrogen-bond acceptors (Lipinski definition) is 5. The van der Waals surface area contributed by atoms with Gasteiger partial charge < -0.3 is 14.6 Å². The molecule has 0 aromatic carbocycles. The van der Waals surface area contributed by atoms with Gasteiger partial charge in [-0.1, -0.05) is 20.8 Å². The van der Waals surface area contributed by atoms with Gasteiger partial charge in [0.1, 0.15) is 11.3 Å². The number of nitrogens with zero attached hydrogens (tertiary/aromatic N) is 2. The minimum absolute atomic E-state index is 0.282. The number of hydrogen-bond donors (Lipinski definition) is 1. The van der Waals surface area contributed by atoms with Crippen LogP contribution in [0.3, 0.4) is 0 Å². The van der Waals surface area contributed by atoms with Crippen LogP contribution < -0.4 is 9.47 Å². The largest absolute Gasteiger partial charge is 0.480 e. The molecule has 1 atom stereocenters. The molecule has 1 aromatic rings. The zero-order chi connectivity index (χ0) is 13.3. The van der Waals surface area contributed by atoms with Crippen molar-refractivity contribution in [3.63, 3.8) is 0 Å². The number of ether oxygens (including phenoxy) is 2. The van der Waals surface area contributed by atoms with E-state index in [9.17, 15) is 5.11 Å². The standard InChI is InChI=1S/C12H20N2O3/c1-11(2,3)12(4,15)9-10(17-6)14-8(16-5)7-13-9/h7,15H,1-6H3. The zero-order valence-corrected chi connectivity index (χ0v) is 11.2. The third kappa shape index (κ3) is 2.49. The van der Waals surface area contributed by atoms with Gasteiger partial charge in [0, 0.05) is 0 Å². The summed E-state index contributed by atoms with van der Waals surface area (Å²) < 4.78 is 10.1. The van der Waals surface area contributed by atoms with Crippen LogP contribution in [0.15, 0.2) is 6.20 Å². The van der Waals surface area contributed by atoms with Crippen LogP contribution in [0.25, 0.3) is 0 Å². The normalized spacial score (nSPS) is 15.2. The van der Waals surface area contributed by atoms with E-state index in [1.807, 2.05) is 20.8 Å². The molecule has 0 saturated heterocycles. The highest BCUT2D eigenvalue weighted by Gasteiger charge is 2.41. The predicted molar refractivity (Wildman–Crippen MR) is 64.2 cm³/mol. The minimum atomic E-state index is -1.14. The average Bonchev–Trinajstić information content (AvgIpc) is 2.26. The molecule has 0 amide bonds. The van der Waals surface area contributed by atoms with Gasteiger partial charge in [0.05, 0.1) is 20.4 Å². The first-order valence-electron chi connectivity index (χ1n) is 5.42. The number of rotatable bonds is 3. The Morgan fingerprint density at radius 2 is 1.71 bits per heavy atom. The maximum absolute atomic E-state index is 10.6. The Morgan fingerprint density at radius 1 is 1.12 bits per heavy atom. The van der Waals surface area contributed by atoms with Crippen molar-refractivity contribution in [2.45, 2.75) is 33.3 Å². The van der Waals surface area contributed by atoms with Crippen molar-refractivity contribution >= 4 is 0 Å². The Balaban J connectivity index is 3.31. The topological polar surface area (TPSA) is 64.5 Å². The Bertz CT molecular complexity index is 397. The van der Waals surface area contributed by atoms with E-state index in [0.717, 1.165) is 0 Å². The van der Waals surface area contributed by atoms with Crippen LogP contribution in [-0.4, -0.2) is 29.3 Å². The van der Waals surface area contributed by atoms with Crippen LogP contribution in [0.2, 0.25) is 0 Å². The molecule has 96 valence electrons. The molecular formula is C12H20N2O3. The van der Waals surface area contributed by atoms with E-state index in [1.54, 1.807) is 6.92 Å². The lowest BCUT2D eigenvalue weighted by molar-refractivity contribution is -0.0528. The fourth-order valence-corrected chi connectivity index (χ4v) is 1.29. The number of aromatic nitrogens is 2. The van der Waals surface area contributed by atoms with E-state index in [2.05, 4.69) is 9.97 Å². The Hall–Kier alpha value is -1.36. The number of methoxy groups -OCH3 is 2. The van der Waals surface area contributed by atoms with Crippen LogP contribution in [0.5, 0.6) is 11.8 Å². The van der Waals surface area contributed by atoms with Crippen LogP contribution in [0.4, 0.5) is 0 Å². The van der Waals surface area contributed by atoms with Crippen molar-refractivity contribution in [3.8, 4) is 11.8 Å². The maximum atomic E-state index is 10.6. The van der Waals surface area contributed by atoms with Crippen molar-refractivity contribution in [1.29, 1.82) is 0 Å². The molecule has 1 unspecified atom stereocenters. The monoisotopic (exact) mass is 240 g/mol. The van der Waals surface area contributed by atoms with Crippen molar-refractivity contribution in [2.24, 2.45) is 5.41 Å². The summed E-state index contributed by atoms with van der Waals surface area (Å²) in [5, 5.41) is 10.6. The van der Waals surface area contributed by atoms with E-state index in [1.165, 1.54) is 20.4 Å². The highest BCUT2D eigenvalue weighted by atomic mass is 16.5. The van der Waals surface area contributed by atoms with E-state index >= 15 is 0 Å². The molecule has 5 nitrogen and oxygen atoms in total. The summed E-state index contributed by atoms with van der Waals surface area (Å²) in [7, 11) is 3.00. The van der Waals surface area contributed by atoms with Gasteiger partial charge in [0.25, 0.3) is 0 Å². The molecule has 0 saturated carbocycles. The first-order chi connectivity index (χ1) is 7.74. The second-order valence-corrected chi connectivity index (χ2v) is 5.09. The van der Waals surface area contributed by atoms with Crippen molar-refractivity contribution in [3.05, 3.63) is 11.9 Å². The Labute approximate surface area is 102 Å². The molecule has 5 heteroatoms. The molecule has 0 aliphatic heterocycles. The predicted octanol–water partition coefficient (Wildman–Crippen LogP) is 1.75. The molecule has 1 N–H and O–H groups in total. The van der Waals surface area contributed by atoms with Crippen LogP contribution in [-0.2, 0) is 5.60 Å². The zero-order valence-electron chi connectivity index (χ0n) is 11.2. The lowest BCUT2D eigenvalue weighted by Crippen LogP contribution is -2.38. The number of aliphatic hydroxyl groups is 1. The van der Waals surface area contributed by atoms with E-state index in [0.29, 0.717) is 11.6 Å². The van der Waals surface area contributed by atoms with Gasteiger partial charge in [-0.25, -0.2) is 4.98 Å². The molecule has 1 heterocycles. The fraction of sp³-hybridized carbons (Fsp3) is 0.667. The summed E-state index contributed by atoms with van der Waals surface area (Å²) in [6, 6.07) is 0. The van der Waals surface area contributed by atoms with Gasteiger partial charge in [-0.3, -0.25) is 0 Å². The quantitative estimate of drug-likeness (QED) is 0.872. The fourth-order valence-electron chi connectivity index (χ4n) is 1.29. The smallest absolute Gasteiger partial charge is 0.241 e. The van der Waals surface area contributed by atoms with Crippen LogP contribution in [0.1, 0.15) is 33.4 Å². The highest BCUT2D eigenvalue weighted by Crippen LogP contribution is 2.41. The third-order valence-electron chi connectivity index (χ3n) is 3.04. The molecule has 1 rings (SSSR count). The highest BCUT2D eigenvalue weighted by molar-refractivity contribution is 5.29. The molecule has 0 spiro atoms. The third-order valence-corrected chi connectivity index (χ3v) is 3.04. The van der Waals surface area contributed by atoms with Gasteiger partial charge in [-0.05, 0) is 12.3 Å². The van der Waals surface area contributed by atoms with Crippen molar-refractivity contribution in [2.75, 3.05) is 14.2 Å². The Morgan fingerprint density at radius 3 is 2.12 bits per heavy atom. The van der Waals surface area contributed by atoms with Crippen LogP contribution in [0, 0.1) is 5.41 Å². The van der Waals surface area contributed by atoms with Gasteiger partial charge in [-0.2, -0.15) is 4.98 Å². The van der Waals surface area contributed by atoms with Gasteiger partial charge in [0.2, 0.25) is 11.8 Å². The Kier molecular flexibility index (Phi) is 3.62. The summed E-state index contributed by atoms with van der Waals surface area (Å²) in [4.78, 5) is 8.32. The molecule has 0 bridgehead atoms. The van der Waals surface area contributed by atoms with E-state index in [-0.39, 0.29) is 11.3 Å². The lowest BCUT2D eigenvalue weighted by atomic mass is 9.76. The summed E-state index contributed by atoms with van der Waals surface area (Å²) in [5.41, 5.74) is -1.12. The molecule has 1 aromatic heterocycles. The summed E-state index contributed by atoms with van der Waals surface area (Å²) in [6.07, 6.45) is 1.47. The average molecular weight is 240 g/mol. The SMILES string of the molecule is COc1cnc(C(C)(O)C(C)(C)C)c(OC)n1. The first kappa shape index (κ1) is 13.7. The second kappa shape index (κ2) is 4.49. The maximum Gasteiger partial charge on any atom is 0.241 e. The van der Waals surface area contributed by atoms with Gasteiger partial charge in [-0.15, -0.1) is 0 Å². The van der Waals surface area contributed by atoms with Gasteiger partial charge in [0.15, 0.2) is 0 Å². The molecule has 0 aliphatic rings. The van der Waals surface area contributed by atoms with Crippen molar-refractivity contribution < 1.29 is 14.6 Å². The first-order valence-corrected chi connectivity index (χ1v) is 5.42.